The zero-order valence-corrected chi connectivity index (χ0v) is 36.0. The van der Waals surface area contributed by atoms with Crippen LogP contribution in [0.2, 0.25) is 0 Å². The van der Waals surface area contributed by atoms with Crippen molar-refractivity contribution in [3.63, 3.8) is 0 Å². The van der Waals surface area contributed by atoms with Crippen molar-refractivity contribution in [2.24, 2.45) is 0 Å². The van der Waals surface area contributed by atoms with Gasteiger partial charge >= 0.3 is 0 Å². The molecule has 3 nitrogen and oxygen atoms in total. The minimum absolute atomic E-state index is 0.853. The highest BCUT2D eigenvalue weighted by atomic mass is 16.3. The first-order valence-electron chi connectivity index (χ1n) is 22.9. The standard InChI is InChI=1S/C64H36O3/c1-3-20-43-41(18-1)58(42-19-2-4-21-44(42)59(43)52-29-13-26-49-38-16-9-11-32-55(38)65-62(49)52)37-34-35-40-51-28-15-31-54(64(51)67-57(40)36-37)61-47-24-7-5-22-45(47)60(46-23-6-8-25-48(46)61)53-30-14-27-50-39-17-10-12-33-56(39)66-63(50)53/h1-36H. The summed E-state index contributed by atoms with van der Waals surface area (Å²) >= 11 is 0. The fourth-order valence-electron chi connectivity index (χ4n) is 11.5. The van der Waals surface area contributed by atoms with Gasteiger partial charge in [-0.05, 0) is 78.5 Å². The fraction of sp³-hybridized carbons (Fsp3) is 0. The molecule has 0 aliphatic carbocycles. The van der Waals surface area contributed by atoms with Crippen molar-refractivity contribution in [2.75, 3.05) is 0 Å². The molecule has 0 bridgehead atoms. The highest BCUT2D eigenvalue weighted by Crippen LogP contribution is 2.50. The maximum absolute atomic E-state index is 7.17. The van der Waals surface area contributed by atoms with Crippen LogP contribution in [-0.4, -0.2) is 0 Å². The molecule has 0 saturated carbocycles. The quantitative estimate of drug-likeness (QED) is 0.166. The lowest BCUT2D eigenvalue weighted by molar-refractivity contribution is 0.669. The van der Waals surface area contributed by atoms with E-state index in [4.69, 9.17) is 13.3 Å². The maximum atomic E-state index is 7.17. The molecule has 3 aromatic heterocycles. The van der Waals surface area contributed by atoms with Crippen molar-refractivity contribution in [3.05, 3.63) is 218 Å². The Kier molecular flexibility index (Phi) is 7.50. The van der Waals surface area contributed by atoms with E-state index in [9.17, 15) is 0 Å². The van der Waals surface area contributed by atoms with Crippen molar-refractivity contribution in [1.29, 1.82) is 0 Å². The molecule has 0 fully saturated rings. The molecule has 0 spiro atoms. The van der Waals surface area contributed by atoms with Crippen LogP contribution < -0.4 is 0 Å². The van der Waals surface area contributed by atoms with E-state index in [-0.39, 0.29) is 0 Å². The van der Waals surface area contributed by atoms with Crippen LogP contribution in [0.5, 0.6) is 0 Å². The number of furan rings is 3. The fourth-order valence-corrected chi connectivity index (χ4v) is 11.5. The third kappa shape index (κ3) is 5.11. The summed E-state index contributed by atoms with van der Waals surface area (Å²) in [6, 6.07) is 78.3. The first kappa shape index (κ1) is 36.4. The lowest BCUT2D eigenvalue weighted by Crippen LogP contribution is -1.91. The topological polar surface area (TPSA) is 39.4 Å². The summed E-state index contributed by atoms with van der Waals surface area (Å²) in [6.07, 6.45) is 0. The van der Waals surface area contributed by atoms with Crippen LogP contribution in [0, 0.1) is 0 Å². The average Bonchev–Trinajstić information content (AvgIpc) is 4.09. The Bertz CT molecular complexity index is 4460. The van der Waals surface area contributed by atoms with Crippen LogP contribution in [0.1, 0.15) is 0 Å². The first-order valence-corrected chi connectivity index (χ1v) is 22.9. The Labute approximate surface area is 383 Å². The van der Waals surface area contributed by atoms with Crippen molar-refractivity contribution >= 4 is 109 Å². The average molecular weight is 853 g/mol. The van der Waals surface area contributed by atoms with E-state index in [2.05, 4.69) is 206 Å². The number of hydrogen-bond donors (Lipinski definition) is 0. The molecule has 0 atom stereocenters. The van der Waals surface area contributed by atoms with Gasteiger partial charge in [-0.15, -0.1) is 0 Å². The third-order valence-electron chi connectivity index (χ3n) is 14.3. The Morgan fingerprint density at radius 3 is 0.851 bits per heavy atom. The Morgan fingerprint density at radius 1 is 0.194 bits per heavy atom. The lowest BCUT2D eigenvalue weighted by atomic mass is 9.85. The zero-order chi connectivity index (χ0) is 43.7. The smallest absolute Gasteiger partial charge is 0.143 e. The molecule has 0 radical (unpaired) electrons. The highest BCUT2D eigenvalue weighted by Gasteiger charge is 2.24. The van der Waals surface area contributed by atoms with Crippen LogP contribution in [0.3, 0.4) is 0 Å². The van der Waals surface area contributed by atoms with Crippen LogP contribution in [0.15, 0.2) is 232 Å². The van der Waals surface area contributed by atoms with Crippen LogP contribution in [0.25, 0.3) is 153 Å². The summed E-state index contributed by atoms with van der Waals surface area (Å²) < 4.78 is 20.5. The van der Waals surface area contributed by atoms with E-state index in [0.29, 0.717) is 0 Å². The number of para-hydroxylation sites is 5. The second kappa shape index (κ2) is 13.8. The van der Waals surface area contributed by atoms with Gasteiger partial charge in [0.15, 0.2) is 0 Å². The molecular weight excluding hydrogens is 817 g/mol. The first-order chi connectivity index (χ1) is 33.3. The molecule has 310 valence electrons. The minimum Gasteiger partial charge on any atom is -0.455 e. The normalized spacial score (nSPS) is 12.2. The largest absolute Gasteiger partial charge is 0.455 e. The molecule has 0 unspecified atom stereocenters. The molecule has 12 aromatic carbocycles. The lowest BCUT2D eigenvalue weighted by Gasteiger charge is -2.18. The van der Waals surface area contributed by atoms with Crippen molar-refractivity contribution in [1.82, 2.24) is 0 Å². The highest BCUT2D eigenvalue weighted by molar-refractivity contribution is 6.28. The van der Waals surface area contributed by atoms with Gasteiger partial charge in [-0.1, -0.05) is 194 Å². The number of fused-ring (bicyclic) bond motifs is 13. The molecule has 67 heavy (non-hydrogen) atoms. The third-order valence-corrected chi connectivity index (χ3v) is 14.3. The minimum atomic E-state index is 0.853. The second-order valence-corrected chi connectivity index (χ2v) is 17.7. The molecule has 0 amide bonds. The maximum Gasteiger partial charge on any atom is 0.143 e. The Balaban J connectivity index is 0.954. The number of rotatable bonds is 4. The van der Waals surface area contributed by atoms with Gasteiger partial charge < -0.3 is 13.3 Å². The summed E-state index contributed by atoms with van der Waals surface area (Å²) in [5.74, 6) is 0. The van der Waals surface area contributed by atoms with Crippen LogP contribution in [-0.2, 0) is 0 Å². The van der Waals surface area contributed by atoms with Gasteiger partial charge in [0.1, 0.15) is 33.5 Å². The van der Waals surface area contributed by atoms with Crippen LogP contribution >= 0.6 is 0 Å². The van der Waals surface area contributed by atoms with E-state index in [1.165, 1.54) is 49.0 Å². The summed E-state index contributed by atoms with van der Waals surface area (Å²) in [5, 5.41) is 16.0. The second-order valence-electron chi connectivity index (χ2n) is 17.7. The monoisotopic (exact) mass is 852 g/mol. The van der Waals surface area contributed by atoms with Gasteiger partial charge in [-0.25, -0.2) is 0 Å². The molecule has 0 aliphatic rings. The molecule has 15 aromatic rings. The number of benzene rings is 12. The van der Waals surface area contributed by atoms with E-state index < -0.39 is 0 Å². The predicted molar refractivity (Wildman–Crippen MR) is 280 cm³/mol. The van der Waals surface area contributed by atoms with Crippen LogP contribution in [0.4, 0.5) is 0 Å². The van der Waals surface area contributed by atoms with Crippen molar-refractivity contribution in [2.45, 2.75) is 0 Å². The van der Waals surface area contributed by atoms with Gasteiger partial charge in [0.05, 0.1) is 0 Å². The Morgan fingerprint density at radius 2 is 0.478 bits per heavy atom. The summed E-state index contributed by atoms with van der Waals surface area (Å²) in [5.41, 5.74) is 14.4. The zero-order valence-electron chi connectivity index (χ0n) is 36.0. The summed E-state index contributed by atoms with van der Waals surface area (Å²) in [4.78, 5) is 0. The SMILES string of the molecule is c1ccc2c(c1)oc1c(-c3c4ccccc4c(-c4ccc5c(c4)oc4c(-c6c7ccccc7c(-c7cccc8c7oc7ccccc78)c7ccccc67)cccc45)c4ccccc34)cccc12. The van der Waals surface area contributed by atoms with Gasteiger partial charge in [0.25, 0.3) is 0 Å². The van der Waals surface area contributed by atoms with Gasteiger partial charge in [-0.2, -0.15) is 0 Å². The van der Waals surface area contributed by atoms with Crippen molar-refractivity contribution in [3.8, 4) is 44.5 Å². The van der Waals surface area contributed by atoms with E-state index in [1.807, 2.05) is 12.1 Å². The summed E-state index contributed by atoms with van der Waals surface area (Å²) in [7, 11) is 0. The van der Waals surface area contributed by atoms with Crippen molar-refractivity contribution < 1.29 is 13.3 Å². The molecule has 0 N–H and O–H groups in total. The molecular formula is C64H36O3. The van der Waals surface area contributed by atoms with Gasteiger partial charge in [-0.3, -0.25) is 0 Å². The molecule has 0 aliphatic heterocycles. The molecule has 0 saturated heterocycles. The summed E-state index contributed by atoms with van der Waals surface area (Å²) in [6.45, 7) is 0. The van der Waals surface area contributed by atoms with E-state index in [1.54, 1.807) is 0 Å². The predicted octanol–water partition coefficient (Wildman–Crippen LogP) is 18.7. The van der Waals surface area contributed by atoms with E-state index >= 15 is 0 Å². The van der Waals surface area contributed by atoms with Gasteiger partial charge in [0.2, 0.25) is 0 Å². The molecule has 15 rings (SSSR count). The Hall–Kier alpha value is -8.92. The number of hydrogen-bond acceptors (Lipinski definition) is 3. The molecule has 3 heteroatoms. The molecule has 3 heterocycles. The van der Waals surface area contributed by atoms with Gasteiger partial charge in [0, 0.05) is 65.7 Å². The van der Waals surface area contributed by atoms with E-state index in [0.717, 1.165) is 104 Å².